The molecule has 0 spiro atoms. The summed E-state index contributed by atoms with van der Waals surface area (Å²) in [6, 6.07) is 2.47. The number of carboxylic acid groups (broad SMARTS) is 1. The van der Waals surface area contributed by atoms with E-state index < -0.39 is 253 Å². The molecule has 27 N–H and O–H groups in total. The van der Waals surface area contributed by atoms with E-state index in [1.807, 2.05) is 0 Å². The van der Waals surface area contributed by atoms with E-state index in [1.165, 1.54) is 73.9 Å². The van der Waals surface area contributed by atoms with E-state index in [9.17, 15) is 97.8 Å². The van der Waals surface area contributed by atoms with Crippen molar-refractivity contribution >= 4 is 117 Å². The smallest absolute Gasteiger partial charge is 0.306 e. The van der Waals surface area contributed by atoms with Gasteiger partial charge in [0.05, 0.1) is 67.3 Å². The van der Waals surface area contributed by atoms with Crippen LogP contribution in [0.2, 0.25) is 0 Å². The Labute approximate surface area is 802 Å². The number of aromatic amines is 2. The molecule has 3 fully saturated rings. The van der Waals surface area contributed by atoms with Crippen LogP contribution in [-0.2, 0) is 112 Å². The van der Waals surface area contributed by atoms with Crippen molar-refractivity contribution in [2.45, 2.75) is 240 Å². The standard InChI is InChI=1S/C91H117N19O26.C2H4O2/c1-44(2)31-58(83(125)104-57(17-11-29-98-90(94)95)89(131)110-30-12-18-63(110)88(130)100-40-67(93)114)105-81(123)55(16-7-8-28-97-68(115)20-10-21-70(117)134-42-66(113)91(132)36-52-73(65(37-91)136-71-35-53(92)76(118)45(3)135-71)80(122)75-74(78(52)120)77(119)51-14-9-19-64(133-4)72(51)79(75)121)103-84(126)59(32-46-22-24-49(112)25-23-46)106-87(129)62(41-111)109-85(127)60(33-47-38-99-54-15-6-5-13-50(47)54)107-86(128)61(34-48-39-96-43-101-48)108-82(124)56-26-27-69(116)102-56;1-2(3)4/h5-6,9,13-15,19,22-25,38-39,43-45,53,55-63,65,71,76,99,111-112,118,120,122,132H,7-8,10-12,16-18,20-21,26-37,40-42,92H2,1-4H3,(H2,93,114)(H,96,101)(H,97,115)(H,100,130)(H,102,116)(H,103,126)(H,104,125)(H,105,123)(H,106,129)(H,107,128)(H,108,124)(H,109,127)(H4,94,95,98);1H3,(H,3,4)/t45-,53-,55+,56-,57-,58-,59-,60-,61-,62-,63-,65-,71-,76+,91-;/m0./s1. The van der Waals surface area contributed by atoms with Crippen molar-refractivity contribution in [2.75, 3.05) is 46.5 Å². The lowest BCUT2D eigenvalue weighted by atomic mass is 9.72. The predicted molar refractivity (Wildman–Crippen MR) is 493 cm³/mol. The molecule has 0 radical (unpaired) electrons. The van der Waals surface area contributed by atoms with E-state index in [0.29, 0.717) is 34.1 Å². The first kappa shape index (κ1) is 107. The van der Waals surface area contributed by atoms with E-state index in [0.717, 1.165) is 6.92 Å². The van der Waals surface area contributed by atoms with Crippen LogP contribution in [0.5, 0.6) is 23.0 Å². The zero-order chi connectivity index (χ0) is 102. The normalized spacial score (nSPS) is 19.9. The largest absolute Gasteiger partial charge is 0.508 e. The predicted octanol–water partition coefficient (Wildman–Crippen LogP) is -2.70. The molecule has 5 aliphatic rings. The summed E-state index contributed by atoms with van der Waals surface area (Å²) in [4.78, 5) is 245. The van der Waals surface area contributed by atoms with Crippen LogP contribution in [0.3, 0.4) is 0 Å². The number of aliphatic hydroxyl groups is 3. The fourth-order valence-electron chi connectivity index (χ4n) is 17.2. The Hall–Kier alpha value is -14.5. The molecule has 2 aromatic heterocycles. The SMILES string of the molecule is CC(=O)O.COc1cccc2c1C(=O)c1c(O)c3c(c(O)c1C2=O)C[C@@](O)(C(=O)COC(=O)CCCC(=O)NCCCC[C@@H](NC(=O)[C@H](Cc1ccc(O)cc1)NC(=O)[C@H](CO)NC(=O)[C@H](Cc1c[nH]c2ccccc12)NC(=O)[C@H](Cc1c[nH]cn1)NC(=O)[C@@H]1CCC(=O)N1)C(=O)N[C@@H](CC(C)C)C(=O)N[C@@H](CCCNC(=N)N)C(=O)N1CCC[C@H]1C(=O)NCC(N)=O)C[C@@H]3O[C@H]1C[C@H](N)[C@H](O)[C@H](C)O1. The number of unbranched alkanes of at least 4 members (excludes halogenated alkanes) is 1. The molecule has 4 aromatic carbocycles. The summed E-state index contributed by atoms with van der Waals surface area (Å²) >= 11 is 0. The number of carbonyl (C=O) groups is 17. The number of hydrogen-bond donors (Lipinski definition) is 24. The monoisotopic (exact) mass is 1950 g/mol. The molecule has 47 heteroatoms. The number of hydrogen-bond acceptors (Lipinski definition) is 30. The number of ether oxygens (including phenoxy) is 4. The second kappa shape index (κ2) is 49.6. The van der Waals surface area contributed by atoms with E-state index in [2.05, 4.69) is 73.4 Å². The number of benzene rings is 4. The van der Waals surface area contributed by atoms with Crippen LogP contribution < -0.4 is 80.4 Å². The van der Waals surface area contributed by atoms with Crippen molar-refractivity contribution in [3.05, 3.63) is 136 Å². The first-order valence-electron chi connectivity index (χ1n) is 45.8. The number of H-pyrrole nitrogens is 2. The fourth-order valence-corrected chi connectivity index (χ4v) is 17.2. The van der Waals surface area contributed by atoms with Gasteiger partial charge < -0.3 is 145 Å². The molecule has 756 valence electrons. The van der Waals surface area contributed by atoms with Gasteiger partial charge in [0.2, 0.25) is 82.5 Å². The van der Waals surface area contributed by atoms with Crippen LogP contribution in [0, 0.1) is 11.3 Å². The van der Waals surface area contributed by atoms with E-state index in [1.54, 1.807) is 44.3 Å². The van der Waals surface area contributed by atoms with E-state index >= 15 is 9.59 Å². The minimum atomic E-state index is -2.58. The third-order valence-electron chi connectivity index (χ3n) is 24.4. The number of guanidine groups is 1. The van der Waals surface area contributed by atoms with Crippen molar-refractivity contribution in [2.24, 2.45) is 23.1 Å². The van der Waals surface area contributed by atoms with Crippen molar-refractivity contribution < 1.29 is 136 Å². The zero-order valence-corrected chi connectivity index (χ0v) is 77.8. The summed E-state index contributed by atoms with van der Waals surface area (Å²) in [6.45, 7) is 3.33. The highest BCUT2D eigenvalue weighted by atomic mass is 16.7. The number of imidazole rings is 1. The van der Waals surface area contributed by atoms with Gasteiger partial charge in [-0.1, -0.05) is 56.3 Å². The van der Waals surface area contributed by atoms with Gasteiger partial charge in [-0.25, -0.2) is 4.98 Å². The molecule has 3 aliphatic heterocycles. The number of nitrogens with two attached hydrogens (primary N) is 3. The molecule has 6 aromatic rings. The van der Waals surface area contributed by atoms with Gasteiger partial charge in [0.15, 0.2) is 24.6 Å². The molecule has 5 heterocycles. The van der Waals surface area contributed by atoms with Crippen LogP contribution in [0.25, 0.3) is 10.9 Å². The number of carbonyl (C=O) groups excluding carboxylic acids is 16. The number of phenols is 3. The summed E-state index contributed by atoms with van der Waals surface area (Å²) in [5, 5.41) is 113. The molecule has 2 aliphatic carbocycles. The number of phenolic OH excluding ortho intramolecular Hbond substituents is 3. The number of primary amides is 1. The maximum atomic E-state index is 15.3. The van der Waals surface area contributed by atoms with Gasteiger partial charge >= 0.3 is 5.97 Å². The lowest BCUT2D eigenvalue weighted by Gasteiger charge is -2.42. The first-order valence-corrected chi connectivity index (χ1v) is 45.8. The Morgan fingerprint density at radius 1 is 0.693 bits per heavy atom. The number of nitrogens with zero attached hydrogens (tertiary/aromatic N) is 2. The molecule has 3 saturated heterocycles. The lowest BCUT2D eigenvalue weighted by Crippen LogP contribution is -2.61. The minimum Gasteiger partial charge on any atom is -0.508 e. The maximum absolute atomic E-state index is 15.3. The highest BCUT2D eigenvalue weighted by molar-refractivity contribution is 6.31. The van der Waals surface area contributed by atoms with Gasteiger partial charge in [-0.05, 0) is 112 Å². The highest BCUT2D eigenvalue weighted by Gasteiger charge is 2.52. The average molecular weight is 1950 g/mol. The van der Waals surface area contributed by atoms with Crippen LogP contribution in [0.15, 0.2) is 85.5 Å². The quantitative estimate of drug-likeness (QED) is 0.00607. The number of para-hydroxylation sites is 1. The molecule has 12 amide bonds. The van der Waals surface area contributed by atoms with Crippen LogP contribution >= 0.6 is 0 Å². The number of fused-ring (bicyclic) bond motifs is 4. The Bertz CT molecular complexity index is 5560. The van der Waals surface area contributed by atoms with Gasteiger partial charge in [-0.2, -0.15) is 0 Å². The number of methoxy groups -OCH3 is 1. The second-order valence-electron chi connectivity index (χ2n) is 35.3. The van der Waals surface area contributed by atoms with Crippen molar-refractivity contribution in [3.63, 3.8) is 0 Å². The van der Waals surface area contributed by atoms with Gasteiger partial charge in [-0.15, -0.1) is 0 Å². The van der Waals surface area contributed by atoms with Crippen molar-refractivity contribution in [1.29, 1.82) is 5.41 Å². The number of aromatic nitrogens is 3. The number of aliphatic carboxylic acids is 1. The Morgan fingerprint density at radius 3 is 1.97 bits per heavy atom. The molecule has 0 unspecified atom stereocenters. The summed E-state index contributed by atoms with van der Waals surface area (Å²) in [7, 11) is 1.26. The molecule has 11 rings (SSSR count). The molecule has 0 bridgehead atoms. The molecular weight excluding hydrogens is 1830 g/mol. The number of likely N-dealkylation sites (tertiary alicyclic amines) is 1. The number of carboxylic acids is 1. The van der Waals surface area contributed by atoms with Crippen LogP contribution in [-0.4, -0.2) is 293 Å². The molecule has 140 heavy (non-hydrogen) atoms. The maximum Gasteiger partial charge on any atom is 0.306 e. The number of Topliss-reactive ketones (excluding diaryl/α,β-unsaturated/α-hetero) is 1. The van der Waals surface area contributed by atoms with Crippen LogP contribution in [0.1, 0.15) is 190 Å². The summed E-state index contributed by atoms with van der Waals surface area (Å²) in [5.74, 6) is -17.4. The Morgan fingerprint density at radius 2 is 1.32 bits per heavy atom. The van der Waals surface area contributed by atoms with Crippen LogP contribution in [0.4, 0.5) is 0 Å². The van der Waals surface area contributed by atoms with Crippen molar-refractivity contribution in [1.82, 2.24) is 78.3 Å². The highest BCUT2D eigenvalue weighted by Crippen LogP contribution is 2.53. The van der Waals surface area contributed by atoms with E-state index in [-0.39, 0.29) is 161 Å². The topological polar surface area (TPSA) is 751 Å². The van der Waals surface area contributed by atoms with Gasteiger partial charge in [0.25, 0.3) is 5.97 Å². The zero-order valence-electron chi connectivity index (χ0n) is 77.8. The summed E-state index contributed by atoms with van der Waals surface area (Å²) in [6.07, 6.45) is -3.54. The second-order valence-corrected chi connectivity index (χ2v) is 35.3. The third-order valence-corrected chi connectivity index (χ3v) is 24.4. The third kappa shape index (κ3) is 28.6. The lowest BCUT2D eigenvalue weighted by molar-refractivity contribution is -0.247. The fraction of sp³-hybridized carbons (Fsp3) is 0.495. The average Bonchev–Trinajstić information content (AvgIpc) is 1.43. The molecule has 47 nitrogen and oxygen atoms in total. The van der Waals surface area contributed by atoms with Gasteiger partial charge in [-0.3, -0.25) is 86.9 Å². The van der Waals surface area contributed by atoms with Crippen molar-refractivity contribution in [3.8, 4) is 23.0 Å². The Balaban J connectivity index is 0.00000495. The number of ketones is 3. The number of aromatic hydroxyl groups is 3. The summed E-state index contributed by atoms with van der Waals surface area (Å²) < 4.78 is 22.9. The van der Waals surface area contributed by atoms with Gasteiger partial charge in [0, 0.05) is 130 Å². The molecule has 0 saturated carbocycles. The molecular formula is C93H121N19O28. The number of amides is 12. The number of rotatable bonds is 46. The Kier molecular flexibility index (Phi) is 38.1. The number of esters is 1. The first-order chi connectivity index (χ1) is 66.6. The molecule has 15 atom stereocenters. The number of nitrogens with one attached hydrogen (secondary N) is 14. The van der Waals surface area contributed by atoms with Gasteiger partial charge in [0.1, 0.15) is 83.0 Å². The summed E-state index contributed by atoms with van der Waals surface area (Å²) in [5.41, 5.74) is 14.0. The van der Waals surface area contributed by atoms with E-state index in [4.69, 9.17) is 51.5 Å². The minimum absolute atomic E-state index is 0.00468. The number of aliphatic hydroxyl groups excluding tert-OH is 2.